The number of benzene rings is 1. The minimum atomic E-state index is -0.326. The number of hydrogen-bond acceptors (Lipinski definition) is 3. The third-order valence-electron chi connectivity index (χ3n) is 3.16. The van der Waals surface area contributed by atoms with Gasteiger partial charge in [0.1, 0.15) is 5.82 Å². The quantitative estimate of drug-likeness (QED) is 0.908. The van der Waals surface area contributed by atoms with E-state index in [0.29, 0.717) is 24.2 Å². The highest BCUT2D eigenvalue weighted by Gasteiger charge is 2.05. The molecule has 1 N–H and O–H groups in total. The van der Waals surface area contributed by atoms with Crippen LogP contribution in [0.15, 0.2) is 36.5 Å². The molecule has 2 aromatic rings. The van der Waals surface area contributed by atoms with Crippen molar-refractivity contribution in [2.45, 2.75) is 26.4 Å². The highest BCUT2D eigenvalue weighted by atomic mass is 19.1. The molecular formula is C16H16FN3. The van der Waals surface area contributed by atoms with Crippen LogP contribution >= 0.6 is 0 Å². The summed E-state index contributed by atoms with van der Waals surface area (Å²) in [5.74, 6) is -0.326. The number of aryl methyl sites for hydroxylation is 1. The van der Waals surface area contributed by atoms with Gasteiger partial charge in [-0.3, -0.25) is 4.98 Å². The lowest BCUT2D eigenvalue weighted by atomic mass is 10.1. The first kappa shape index (κ1) is 14.2. The predicted octanol–water partition coefficient (Wildman–Crippen LogP) is 2.94. The number of halogens is 1. The van der Waals surface area contributed by atoms with Crippen molar-refractivity contribution in [2.24, 2.45) is 0 Å². The van der Waals surface area contributed by atoms with Gasteiger partial charge in [0.2, 0.25) is 0 Å². The lowest BCUT2D eigenvalue weighted by Crippen LogP contribution is -2.16. The number of hydrogen-bond donors (Lipinski definition) is 1. The van der Waals surface area contributed by atoms with Gasteiger partial charge in [0, 0.05) is 19.3 Å². The molecule has 0 bridgehead atoms. The van der Waals surface area contributed by atoms with Gasteiger partial charge in [0.15, 0.2) is 0 Å². The molecule has 1 aromatic carbocycles. The van der Waals surface area contributed by atoms with Crippen LogP contribution in [0.1, 0.15) is 29.3 Å². The maximum absolute atomic E-state index is 13.2. The van der Waals surface area contributed by atoms with Crippen LogP contribution in [0.3, 0.4) is 0 Å². The van der Waals surface area contributed by atoms with Gasteiger partial charge in [-0.25, -0.2) is 4.39 Å². The second-order valence-electron chi connectivity index (χ2n) is 4.48. The van der Waals surface area contributed by atoms with Crippen LogP contribution in [-0.4, -0.2) is 4.98 Å². The van der Waals surface area contributed by atoms with Crippen molar-refractivity contribution >= 4 is 0 Å². The first-order chi connectivity index (χ1) is 9.74. The average Bonchev–Trinajstić information content (AvgIpc) is 2.48. The van der Waals surface area contributed by atoms with E-state index < -0.39 is 0 Å². The van der Waals surface area contributed by atoms with Crippen LogP contribution in [0.25, 0.3) is 0 Å². The summed E-state index contributed by atoms with van der Waals surface area (Å²) in [6.45, 7) is 3.13. The number of nitriles is 1. The lowest BCUT2D eigenvalue weighted by Gasteiger charge is -2.09. The number of aromatic nitrogens is 1. The number of nitrogens with zero attached hydrogens (tertiary/aromatic N) is 2. The summed E-state index contributed by atoms with van der Waals surface area (Å²) >= 11 is 0. The molecule has 0 spiro atoms. The Kier molecular flexibility index (Phi) is 4.80. The van der Waals surface area contributed by atoms with Crippen LogP contribution in [-0.2, 0) is 19.5 Å². The minimum Gasteiger partial charge on any atom is -0.307 e. The SMILES string of the molecule is CCc1cccnc1CNCc1cc(F)ccc1C#N. The van der Waals surface area contributed by atoms with Gasteiger partial charge >= 0.3 is 0 Å². The summed E-state index contributed by atoms with van der Waals surface area (Å²) in [6, 6.07) is 10.2. The van der Waals surface area contributed by atoms with Crippen molar-refractivity contribution in [3.05, 3.63) is 64.7 Å². The normalized spacial score (nSPS) is 10.2. The predicted molar refractivity (Wildman–Crippen MR) is 75.3 cm³/mol. The molecule has 20 heavy (non-hydrogen) atoms. The molecule has 2 rings (SSSR count). The highest BCUT2D eigenvalue weighted by Crippen LogP contribution is 2.11. The van der Waals surface area contributed by atoms with Crippen LogP contribution in [0.5, 0.6) is 0 Å². The second-order valence-corrected chi connectivity index (χ2v) is 4.48. The van der Waals surface area contributed by atoms with E-state index in [2.05, 4.69) is 23.3 Å². The third kappa shape index (κ3) is 3.40. The zero-order valence-electron chi connectivity index (χ0n) is 11.4. The van der Waals surface area contributed by atoms with E-state index in [1.54, 1.807) is 6.20 Å². The zero-order chi connectivity index (χ0) is 14.4. The minimum absolute atomic E-state index is 0.326. The standard InChI is InChI=1S/C16H16FN3/c1-2-12-4-3-7-20-16(12)11-19-10-14-8-15(17)6-5-13(14)9-18/h3-8,19H,2,10-11H2,1H3. The van der Waals surface area contributed by atoms with Gasteiger partial charge in [-0.2, -0.15) is 5.26 Å². The number of rotatable bonds is 5. The molecule has 0 saturated carbocycles. The van der Waals surface area contributed by atoms with Gasteiger partial charge in [-0.15, -0.1) is 0 Å². The second kappa shape index (κ2) is 6.78. The summed E-state index contributed by atoms with van der Waals surface area (Å²) in [5.41, 5.74) is 3.35. The maximum atomic E-state index is 13.2. The summed E-state index contributed by atoms with van der Waals surface area (Å²) < 4.78 is 13.2. The van der Waals surface area contributed by atoms with Gasteiger partial charge in [-0.1, -0.05) is 13.0 Å². The van der Waals surface area contributed by atoms with E-state index in [0.717, 1.165) is 12.1 Å². The van der Waals surface area contributed by atoms with Gasteiger partial charge < -0.3 is 5.32 Å². The molecule has 0 aliphatic heterocycles. The smallest absolute Gasteiger partial charge is 0.123 e. The van der Waals surface area contributed by atoms with Crippen LogP contribution < -0.4 is 5.32 Å². The van der Waals surface area contributed by atoms with E-state index in [1.165, 1.54) is 23.8 Å². The molecule has 102 valence electrons. The van der Waals surface area contributed by atoms with E-state index in [9.17, 15) is 4.39 Å². The van der Waals surface area contributed by atoms with Crippen molar-refractivity contribution in [3.8, 4) is 6.07 Å². The Morgan fingerprint density at radius 1 is 1.25 bits per heavy atom. The number of pyridine rings is 1. The third-order valence-corrected chi connectivity index (χ3v) is 3.16. The van der Waals surface area contributed by atoms with Crippen LogP contribution in [0, 0.1) is 17.1 Å². The Balaban J connectivity index is 2.03. The first-order valence-corrected chi connectivity index (χ1v) is 6.56. The van der Waals surface area contributed by atoms with E-state index in [-0.39, 0.29) is 5.82 Å². The van der Waals surface area contributed by atoms with E-state index in [1.807, 2.05) is 12.1 Å². The molecule has 0 unspecified atom stereocenters. The molecule has 0 atom stereocenters. The van der Waals surface area contributed by atoms with Crippen LogP contribution in [0.2, 0.25) is 0 Å². The average molecular weight is 269 g/mol. The summed E-state index contributed by atoms with van der Waals surface area (Å²) in [4.78, 5) is 4.34. The largest absolute Gasteiger partial charge is 0.307 e. The fraction of sp³-hybridized carbons (Fsp3) is 0.250. The molecule has 0 aliphatic carbocycles. The van der Waals surface area contributed by atoms with E-state index >= 15 is 0 Å². The Morgan fingerprint density at radius 2 is 2.10 bits per heavy atom. The molecule has 0 saturated heterocycles. The number of nitrogens with one attached hydrogen (secondary N) is 1. The molecule has 3 nitrogen and oxygen atoms in total. The maximum Gasteiger partial charge on any atom is 0.123 e. The Morgan fingerprint density at radius 3 is 2.85 bits per heavy atom. The molecule has 0 radical (unpaired) electrons. The monoisotopic (exact) mass is 269 g/mol. The Labute approximate surface area is 118 Å². The molecule has 1 aromatic heterocycles. The van der Waals surface area contributed by atoms with E-state index in [4.69, 9.17) is 5.26 Å². The molecule has 1 heterocycles. The van der Waals surface area contributed by atoms with Gasteiger partial charge in [0.05, 0.1) is 17.3 Å². The first-order valence-electron chi connectivity index (χ1n) is 6.56. The van der Waals surface area contributed by atoms with Crippen LogP contribution in [0.4, 0.5) is 4.39 Å². The lowest BCUT2D eigenvalue weighted by molar-refractivity contribution is 0.618. The Hall–Kier alpha value is -2.25. The fourth-order valence-corrected chi connectivity index (χ4v) is 2.09. The summed E-state index contributed by atoms with van der Waals surface area (Å²) in [7, 11) is 0. The van der Waals surface area contributed by atoms with Crippen molar-refractivity contribution in [1.82, 2.24) is 10.3 Å². The van der Waals surface area contributed by atoms with Crippen molar-refractivity contribution < 1.29 is 4.39 Å². The summed E-state index contributed by atoms with van der Waals surface area (Å²) in [6.07, 6.45) is 2.69. The zero-order valence-corrected chi connectivity index (χ0v) is 11.4. The highest BCUT2D eigenvalue weighted by molar-refractivity contribution is 5.37. The van der Waals surface area contributed by atoms with Gasteiger partial charge in [-0.05, 0) is 41.8 Å². The van der Waals surface area contributed by atoms with Crippen molar-refractivity contribution in [1.29, 1.82) is 5.26 Å². The van der Waals surface area contributed by atoms with Gasteiger partial charge in [0.25, 0.3) is 0 Å². The topological polar surface area (TPSA) is 48.7 Å². The Bertz CT molecular complexity index is 632. The fourth-order valence-electron chi connectivity index (χ4n) is 2.09. The molecule has 0 amide bonds. The molecule has 0 aliphatic rings. The molecular weight excluding hydrogens is 253 g/mol. The van der Waals surface area contributed by atoms with Crippen molar-refractivity contribution in [3.63, 3.8) is 0 Å². The van der Waals surface area contributed by atoms with Crippen molar-refractivity contribution in [2.75, 3.05) is 0 Å². The molecule has 4 heteroatoms. The summed E-state index contributed by atoms with van der Waals surface area (Å²) in [5, 5.41) is 12.2. The molecule has 0 fully saturated rings.